The Morgan fingerprint density at radius 1 is 1.26 bits per heavy atom. The molecule has 3 rings (SSSR count). The highest BCUT2D eigenvalue weighted by atomic mass is 79.9. The highest BCUT2D eigenvalue weighted by Gasteiger charge is 2.47. The number of hydrogen-bond donors (Lipinski definition) is 2. The Balaban J connectivity index is 2.03. The van der Waals surface area contributed by atoms with Crippen LogP contribution in [0.15, 0.2) is 34.8 Å². The van der Waals surface area contributed by atoms with Crippen LogP contribution in [-0.4, -0.2) is 27.4 Å². The van der Waals surface area contributed by atoms with Gasteiger partial charge in [-0.05, 0) is 42.3 Å². The normalized spacial score (nSPS) is 20.0. The second-order valence-corrected chi connectivity index (χ2v) is 8.35. The fraction of sp³-hybridized carbons (Fsp3) is 0.444. The van der Waals surface area contributed by atoms with Crippen molar-refractivity contribution in [1.29, 1.82) is 0 Å². The number of halogens is 4. The van der Waals surface area contributed by atoms with E-state index in [1.54, 1.807) is 45.0 Å². The molecule has 1 aromatic heterocycles. The maximum Gasteiger partial charge on any atom is 0.410 e. The van der Waals surface area contributed by atoms with Crippen LogP contribution >= 0.6 is 15.9 Å². The third-order valence-corrected chi connectivity index (χ3v) is 4.95. The van der Waals surface area contributed by atoms with Gasteiger partial charge in [0.1, 0.15) is 5.82 Å². The van der Waals surface area contributed by atoms with Crippen molar-refractivity contribution in [3.05, 3.63) is 46.1 Å². The fourth-order valence-electron chi connectivity index (χ4n) is 3.04. The zero-order chi connectivity index (χ0) is 20.0. The Bertz CT molecular complexity index is 843. The lowest BCUT2D eigenvalue weighted by atomic mass is 9.97. The van der Waals surface area contributed by atoms with Gasteiger partial charge in [-0.2, -0.15) is 18.3 Å². The Kier molecular flexibility index (Phi) is 5.00. The van der Waals surface area contributed by atoms with Crippen molar-refractivity contribution < 1.29 is 18.0 Å². The van der Waals surface area contributed by atoms with Gasteiger partial charge in [0.2, 0.25) is 0 Å². The summed E-state index contributed by atoms with van der Waals surface area (Å²) in [5, 5.41) is 9.81. The number of anilines is 1. The lowest BCUT2D eigenvalue weighted by molar-refractivity contribution is -0.173. The molecule has 0 spiro atoms. The molecule has 0 unspecified atom stereocenters. The van der Waals surface area contributed by atoms with Crippen molar-refractivity contribution in [3.8, 4) is 0 Å². The monoisotopic (exact) mass is 444 g/mol. The van der Waals surface area contributed by atoms with E-state index in [1.165, 1.54) is 0 Å². The van der Waals surface area contributed by atoms with Gasteiger partial charge in [-0.25, -0.2) is 4.68 Å². The minimum absolute atomic E-state index is 0.0737. The van der Waals surface area contributed by atoms with E-state index in [-0.39, 0.29) is 22.4 Å². The first-order valence-corrected chi connectivity index (χ1v) is 9.25. The van der Waals surface area contributed by atoms with Crippen molar-refractivity contribution in [3.63, 3.8) is 0 Å². The van der Waals surface area contributed by atoms with Crippen LogP contribution in [0.1, 0.15) is 55.3 Å². The van der Waals surface area contributed by atoms with E-state index < -0.39 is 29.7 Å². The molecule has 1 aromatic carbocycles. The molecule has 2 aromatic rings. The third kappa shape index (κ3) is 4.12. The lowest BCUT2D eigenvalue weighted by Gasteiger charge is -2.33. The molecule has 146 valence electrons. The predicted octanol–water partition coefficient (Wildman–Crippen LogP) is 4.83. The number of rotatable bonds is 2. The number of hydrogen-bond acceptors (Lipinski definition) is 3. The molecular formula is C18H20BrF3N4O. The third-order valence-electron chi connectivity index (χ3n) is 4.20. The number of aromatic nitrogens is 2. The minimum Gasteiger partial charge on any atom is -0.362 e. The highest BCUT2D eigenvalue weighted by Crippen LogP contribution is 2.46. The Morgan fingerprint density at radius 3 is 2.44 bits per heavy atom. The second-order valence-electron chi connectivity index (χ2n) is 7.56. The zero-order valence-corrected chi connectivity index (χ0v) is 16.6. The zero-order valence-electron chi connectivity index (χ0n) is 15.1. The summed E-state index contributed by atoms with van der Waals surface area (Å²) < 4.78 is 42.2. The van der Waals surface area contributed by atoms with Crippen molar-refractivity contribution in [1.82, 2.24) is 15.1 Å². The fourth-order valence-corrected chi connectivity index (χ4v) is 3.59. The molecule has 0 saturated carbocycles. The van der Waals surface area contributed by atoms with Gasteiger partial charge in [0.25, 0.3) is 5.91 Å². The molecule has 1 aliphatic heterocycles. The largest absolute Gasteiger partial charge is 0.410 e. The molecule has 0 fully saturated rings. The molecule has 0 aliphatic carbocycles. The quantitative estimate of drug-likeness (QED) is 0.696. The van der Waals surface area contributed by atoms with E-state index in [0.29, 0.717) is 0 Å². The van der Waals surface area contributed by atoms with Gasteiger partial charge in [0.05, 0.1) is 10.5 Å². The van der Waals surface area contributed by atoms with Crippen molar-refractivity contribution in [2.45, 2.75) is 51.0 Å². The maximum atomic E-state index is 13.7. The van der Waals surface area contributed by atoms with E-state index in [2.05, 4.69) is 31.7 Å². The summed E-state index contributed by atoms with van der Waals surface area (Å²) in [6, 6.07) is 6.55. The maximum absolute atomic E-state index is 13.7. The van der Waals surface area contributed by atoms with Crippen LogP contribution < -0.4 is 10.6 Å². The molecule has 1 aliphatic rings. The lowest BCUT2D eigenvalue weighted by Crippen LogP contribution is -2.41. The summed E-state index contributed by atoms with van der Waals surface area (Å²) in [6.07, 6.45) is -4.71. The molecule has 0 bridgehead atoms. The minimum atomic E-state index is -4.49. The van der Waals surface area contributed by atoms with Gasteiger partial charge in [-0.15, -0.1) is 0 Å². The van der Waals surface area contributed by atoms with E-state index in [1.807, 2.05) is 6.07 Å². The molecule has 5 nitrogen and oxygen atoms in total. The Morgan fingerprint density at radius 2 is 1.89 bits per heavy atom. The molecule has 9 heteroatoms. The first-order chi connectivity index (χ1) is 12.5. The predicted molar refractivity (Wildman–Crippen MR) is 99.7 cm³/mol. The summed E-state index contributed by atoms with van der Waals surface area (Å²) in [5.74, 6) is -0.383. The first kappa shape index (κ1) is 19.7. The van der Waals surface area contributed by atoms with E-state index in [9.17, 15) is 18.0 Å². The van der Waals surface area contributed by atoms with Crippen molar-refractivity contribution >= 4 is 27.7 Å². The van der Waals surface area contributed by atoms with Crippen LogP contribution in [0, 0.1) is 0 Å². The first-order valence-electron chi connectivity index (χ1n) is 8.46. The van der Waals surface area contributed by atoms with Gasteiger partial charge in [-0.1, -0.05) is 30.3 Å². The number of carbonyl (C=O) groups excluding carboxylic acids is 1. The van der Waals surface area contributed by atoms with Gasteiger partial charge in [0.15, 0.2) is 11.7 Å². The number of carbonyl (C=O) groups is 1. The average Bonchev–Trinajstić information content (AvgIpc) is 2.89. The molecule has 1 amide bonds. The molecule has 0 radical (unpaired) electrons. The molecule has 27 heavy (non-hydrogen) atoms. The van der Waals surface area contributed by atoms with Crippen molar-refractivity contribution in [2.75, 3.05) is 5.32 Å². The summed E-state index contributed by atoms with van der Waals surface area (Å²) in [6.45, 7) is 5.37. The van der Waals surface area contributed by atoms with E-state index in [4.69, 9.17) is 0 Å². The Hall–Kier alpha value is -2.03. The van der Waals surface area contributed by atoms with Crippen LogP contribution in [0.2, 0.25) is 0 Å². The number of amides is 1. The number of benzene rings is 1. The summed E-state index contributed by atoms with van der Waals surface area (Å²) >= 11 is 3.27. The number of nitrogens with one attached hydrogen (secondary N) is 2. The average molecular weight is 445 g/mol. The van der Waals surface area contributed by atoms with Gasteiger partial charge >= 0.3 is 6.18 Å². The topological polar surface area (TPSA) is 59.0 Å². The molecule has 2 heterocycles. The summed E-state index contributed by atoms with van der Waals surface area (Å²) in [5.41, 5.74) is 0.131. The summed E-state index contributed by atoms with van der Waals surface area (Å²) in [7, 11) is 0. The smallest absolute Gasteiger partial charge is 0.362 e. The number of fused-ring (bicyclic) bond motifs is 1. The highest BCUT2D eigenvalue weighted by molar-refractivity contribution is 9.10. The molecular weight excluding hydrogens is 425 g/mol. The van der Waals surface area contributed by atoms with Crippen LogP contribution in [0.3, 0.4) is 0 Å². The van der Waals surface area contributed by atoms with Crippen LogP contribution in [0.25, 0.3) is 0 Å². The van der Waals surface area contributed by atoms with E-state index >= 15 is 0 Å². The molecule has 2 atom stereocenters. The van der Waals surface area contributed by atoms with Crippen LogP contribution in [-0.2, 0) is 0 Å². The van der Waals surface area contributed by atoms with Gasteiger partial charge in [0, 0.05) is 12.0 Å². The van der Waals surface area contributed by atoms with Crippen molar-refractivity contribution in [2.24, 2.45) is 0 Å². The molecule has 0 saturated heterocycles. The number of nitrogens with zero attached hydrogens (tertiary/aromatic N) is 2. The van der Waals surface area contributed by atoms with Gasteiger partial charge < -0.3 is 10.6 Å². The van der Waals surface area contributed by atoms with Gasteiger partial charge in [-0.3, -0.25) is 4.79 Å². The molecule has 2 N–H and O–H groups in total. The van der Waals surface area contributed by atoms with Crippen LogP contribution in [0.5, 0.6) is 0 Å². The van der Waals surface area contributed by atoms with E-state index in [0.717, 1.165) is 10.2 Å². The SMILES string of the molecule is CC(C)(C)NC(=O)c1nn2c(c1Br)N[C@H](c1ccccc1)C[C@@H]2C(F)(F)F. The standard InChI is InChI=1S/C18H20BrF3N4O/c1-17(2,3)24-16(27)14-13(19)15-23-11(10-7-5-4-6-8-10)9-12(18(20,21)22)26(15)25-14/h4-8,11-12,23H,9H2,1-3H3,(H,24,27)/t11-,12+/m0/s1. The van der Waals surface area contributed by atoms with Crippen LogP contribution in [0.4, 0.5) is 19.0 Å². The second kappa shape index (κ2) is 6.85. The number of alkyl halides is 3. The summed E-state index contributed by atoms with van der Waals surface area (Å²) in [4.78, 5) is 12.5. The Labute approximate surface area is 163 Å².